The molecular weight excluding hydrogens is 236 g/mol. The lowest BCUT2D eigenvalue weighted by atomic mass is 9.86. The third kappa shape index (κ3) is 2.34. The van der Waals surface area contributed by atoms with Gasteiger partial charge in [-0.3, -0.25) is 0 Å². The molecule has 0 aromatic heterocycles. The molecule has 2 nitrogen and oxygen atoms in total. The number of methoxy groups -OCH3 is 1. The van der Waals surface area contributed by atoms with E-state index in [1.165, 1.54) is 19.2 Å². The van der Waals surface area contributed by atoms with E-state index >= 15 is 0 Å². The largest absolute Gasteiger partial charge is 0.497 e. The highest BCUT2D eigenvalue weighted by molar-refractivity contribution is 5.32. The summed E-state index contributed by atoms with van der Waals surface area (Å²) in [6.45, 7) is 2.09. The first-order chi connectivity index (χ1) is 8.54. The number of benzene rings is 1. The molecule has 0 amide bonds. The summed E-state index contributed by atoms with van der Waals surface area (Å²) in [7, 11) is 1.38. The highest BCUT2D eigenvalue weighted by Crippen LogP contribution is 2.40. The highest BCUT2D eigenvalue weighted by Gasteiger charge is 2.32. The average Bonchev–Trinajstić information content (AvgIpc) is 2.74. The van der Waals surface area contributed by atoms with Gasteiger partial charge < -0.3 is 10.5 Å². The summed E-state index contributed by atoms with van der Waals surface area (Å²) in [4.78, 5) is 0. The zero-order chi connectivity index (χ0) is 13.3. The summed E-state index contributed by atoms with van der Waals surface area (Å²) in [5.41, 5.74) is 6.06. The molecule has 1 fully saturated rings. The van der Waals surface area contributed by atoms with Crippen molar-refractivity contribution in [1.82, 2.24) is 0 Å². The third-order valence-electron chi connectivity index (χ3n) is 4.01. The van der Waals surface area contributed by atoms with Gasteiger partial charge in [0.1, 0.15) is 17.4 Å². The second-order valence-electron chi connectivity index (χ2n) is 5.10. The summed E-state index contributed by atoms with van der Waals surface area (Å²) >= 11 is 0. The van der Waals surface area contributed by atoms with Gasteiger partial charge in [0.05, 0.1) is 7.11 Å². The minimum Gasteiger partial charge on any atom is -0.497 e. The fraction of sp³-hybridized carbons (Fsp3) is 0.571. The molecule has 1 aliphatic carbocycles. The van der Waals surface area contributed by atoms with Crippen LogP contribution in [0.3, 0.4) is 0 Å². The Balaban J connectivity index is 2.32. The smallest absolute Gasteiger partial charge is 0.134 e. The summed E-state index contributed by atoms with van der Waals surface area (Å²) < 4.78 is 32.7. The molecule has 100 valence electrons. The Morgan fingerprint density at radius 3 is 2.33 bits per heavy atom. The van der Waals surface area contributed by atoms with Crippen molar-refractivity contribution < 1.29 is 13.5 Å². The maximum absolute atomic E-state index is 13.9. The zero-order valence-corrected chi connectivity index (χ0v) is 10.7. The summed E-state index contributed by atoms with van der Waals surface area (Å²) in [5.74, 6) is -0.472. The van der Waals surface area contributed by atoms with Crippen molar-refractivity contribution in [3.8, 4) is 5.75 Å². The molecule has 3 atom stereocenters. The van der Waals surface area contributed by atoms with Gasteiger partial charge in [0.15, 0.2) is 0 Å². The van der Waals surface area contributed by atoms with Gasteiger partial charge in [-0.25, -0.2) is 8.78 Å². The zero-order valence-electron chi connectivity index (χ0n) is 10.7. The molecule has 3 unspecified atom stereocenters. The van der Waals surface area contributed by atoms with E-state index in [2.05, 4.69) is 6.92 Å². The first-order valence-corrected chi connectivity index (χ1v) is 6.33. The first-order valence-electron chi connectivity index (χ1n) is 6.33. The summed E-state index contributed by atoms with van der Waals surface area (Å²) in [6.07, 6.45) is 3.10. The van der Waals surface area contributed by atoms with E-state index < -0.39 is 17.7 Å². The Kier molecular flexibility index (Phi) is 3.85. The van der Waals surface area contributed by atoms with E-state index in [9.17, 15) is 8.78 Å². The second kappa shape index (κ2) is 5.22. The molecule has 1 saturated carbocycles. The fourth-order valence-corrected chi connectivity index (χ4v) is 2.92. The highest BCUT2D eigenvalue weighted by atomic mass is 19.1. The van der Waals surface area contributed by atoms with Crippen molar-refractivity contribution in [1.29, 1.82) is 0 Å². The standard InChI is InChI=1S/C14H19F2NO/c1-8-4-3-5-10(8)14(17)13-11(15)6-9(18-2)7-12(13)16/h6-8,10,14H,3-5,17H2,1-2H3. The van der Waals surface area contributed by atoms with Crippen molar-refractivity contribution in [3.63, 3.8) is 0 Å². The van der Waals surface area contributed by atoms with Gasteiger partial charge >= 0.3 is 0 Å². The van der Waals surface area contributed by atoms with E-state index in [1.54, 1.807) is 0 Å². The predicted molar refractivity (Wildman–Crippen MR) is 66.3 cm³/mol. The number of hydrogen-bond donors (Lipinski definition) is 1. The molecule has 0 radical (unpaired) electrons. The van der Waals surface area contributed by atoms with E-state index in [1.807, 2.05) is 0 Å². The third-order valence-corrected chi connectivity index (χ3v) is 4.01. The van der Waals surface area contributed by atoms with Crippen LogP contribution in [-0.4, -0.2) is 7.11 Å². The Morgan fingerprint density at radius 1 is 1.28 bits per heavy atom. The summed E-state index contributed by atoms with van der Waals surface area (Å²) in [6, 6.07) is 1.81. The van der Waals surface area contributed by atoms with Crippen molar-refractivity contribution in [2.24, 2.45) is 17.6 Å². The van der Waals surface area contributed by atoms with Crippen LogP contribution < -0.4 is 10.5 Å². The molecule has 2 N–H and O–H groups in total. The molecule has 0 spiro atoms. The molecule has 1 aromatic carbocycles. The predicted octanol–water partition coefficient (Wildman–Crippen LogP) is 3.41. The van der Waals surface area contributed by atoms with Crippen LogP contribution in [0.25, 0.3) is 0 Å². The minimum absolute atomic E-state index is 0.00505. The van der Waals surface area contributed by atoms with Crippen LogP contribution in [0.5, 0.6) is 5.75 Å². The van der Waals surface area contributed by atoms with Crippen molar-refractivity contribution in [2.45, 2.75) is 32.2 Å². The van der Waals surface area contributed by atoms with Gasteiger partial charge in [-0.05, 0) is 18.3 Å². The Hall–Kier alpha value is -1.16. The van der Waals surface area contributed by atoms with E-state index in [4.69, 9.17) is 10.5 Å². The molecule has 2 rings (SSSR count). The average molecular weight is 255 g/mol. The van der Waals surface area contributed by atoms with E-state index in [0.717, 1.165) is 19.3 Å². The number of ether oxygens (including phenoxy) is 1. The van der Waals surface area contributed by atoms with Crippen molar-refractivity contribution in [2.75, 3.05) is 7.11 Å². The van der Waals surface area contributed by atoms with Crippen LogP contribution in [0.4, 0.5) is 8.78 Å². The van der Waals surface area contributed by atoms with Gasteiger partial charge in [-0.15, -0.1) is 0 Å². The SMILES string of the molecule is COc1cc(F)c(C(N)C2CCCC2C)c(F)c1. The van der Waals surface area contributed by atoms with Gasteiger partial charge in [0.25, 0.3) is 0 Å². The second-order valence-corrected chi connectivity index (χ2v) is 5.10. The van der Waals surface area contributed by atoms with Crippen molar-refractivity contribution >= 4 is 0 Å². The normalized spacial score (nSPS) is 25.2. The quantitative estimate of drug-likeness (QED) is 0.898. The fourth-order valence-electron chi connectivity index (χ4n) is 2.92. The van der Waals surface area contributed by atoms with Crippen molar-refractivity contribution in [3.05, 3.63) is 29.3 Å². The van der Waals surface area contributed by atoms with Gasteiger partial charge in [0, 0.05) is 23.7 Å². The summed E-state index contributed by atoms with van der Waals surface area (Å²) in [5, 5.41) is 0. The molecule has 0 saturated heterocycles. The van der Waals surface area contributed by atoms with Crippen LogP contribution in [0.2, 0.25) is 0 Å². The van der Waals surface area contributed by atoms with Gasteiger partial charge in [-0.1, -0.05) is 19.8 Å². The Morgan fingerprint density at radius 2 is 1.89 bits per heavy atom. The monoisotopic (exact) mass is 255 g/mol. The van der Waals surface area contributed by atoms with Gasteiger partial charge in [-0.2, -0.15) is 0 Å². The van der Waals surface area contributed by atoms with Crippen LogP contribution in [0.1, 0.15) is 37.8 Å². The van der Waals surface area contributed by atoms with E-state index in [0.29, 0.717) is 5.92 Å². The van der Waals surface area contributed by atoms with Crippen LogP contribution in [0.15, 0.2) is 12.1 Å². The molecule has 1 aliphatic rings. The van der Waals surface area contributed by atoms with Crippen LogP contribution in [-0.2, 0) is 0 Å². The number of halogens is 2. The Labute approximate surface area is 106 Å². The van der Waals surface area contributed by atoms with Gasteiger partial charge in [0.2, 0.25) is 0 Å². The van der Waals surface area contributed by atoms with Crippen LogP contribution >= 0.6 is 0 Å². The lowest BCUT2D eigenvalue weighted by Crippen LogP contribution is -2.25. The minimum atomic E-state index is -0.613. The Bertz CT molecular complexity index is 413. The molecule has 1 aromatic rings. The number of nitrogens with two attached hydrogens (primary N) is 1. The number of hydrogen-bond acceptors (Lipinski definition) is 2. The maximum Gasteiger partial charge on any atom is 0.134 e. The first kappa shape index (κ1) is 13.3. The molecule has 0 heterocycles. The lowest BCUT2D eigenvalue weighted by molar-refractivity contribution is 0.333. The molecular formula is C14H19F2NO. The molecule has 0 aliphatic heterocycles. The van der Waals surface area contributed by atoms with Crippen LogP contribution in [0, 0.1) is 23.5 Å². The lowest BCUT2D eigenvalue weighted by Gasteiger charge is -2.24. The maximum atomic E-state index is 13.9. The molecule has 0 bridgehead atoms. The number of rotatable bonds is 3. The molecule has 4 heteroatoms. The topological polar surface area (TPSA) is 35.2 Å². The van der Waals surface area contributed by atoms with E-state index in [-0.39, 0.29) is 17.2 Å². The molecule has 18 heavy (non-hydrogen) atoms.